The first kappa shape index (κ1) is 27.0. The molecule has 1 spiro atoms. The number of nitrogens with zero attached hydrogens (tertiary/aromatic N) is 1. The van der Waals surface area contributed by atoms with Crippen molar-refractivity contribution in [1.29, 1.82) is 0 Å². The fraction of sp³-hybridized carbons (Fsp3) is 0.188. The fourth-order valence-electron chi connectivity index (χ4n) is 6.97. The summed E-state index contributed by atoms with van der Waals surface area (Å²) in [4.78, 5) is 62.1. The van der Waals surface area contributed by atoms with Crippen LogP contribution in [0.4, 0.5) is 18.9 Å². The summed E-state index contributed by atoms with van der Waals surface area (Å²) in [7, 11) is 0.977. The Morgan fingerprint density at radius 2 is 1.71 bits per heavy atom. The van der Waals surface area contributed by atoms with E-state index < -0.39 is 40.5 Å². The van der Waals surface area contributed by atoms with Gasteiger partial charge in [-0.1, -0.05) is 18.2 Å². The lowest BCUT2D eigenvalue weighted by atomic mass is 9.82. The summed E-state index contributed by atoms with van der Waals surface area (Å²) in [6.07, 6.45) is -3.37. The number of aromatic amines is 3. The number of rotatable bonds is 4. The molecule has 0 radical (unpaired) electrons. The molecule has 10 nitrogen and oxygen atoms in total. The minimum Gasteiger partial charge on any atom is -0.465 e. The van der Waals surface area contributed by atoms with Crippen LogP contribution in [0.5, 0.6) is 0 Å². The molecule has 2 atom stereocenters. The van der Waals surface area contributed by atoms with Crippen LogP contribution < -0.4 is 5.32 Å². The molecule has 2 fully saturated rings. The number of esters is 1. The summed E-state index contributed by atoms with van der Waals surface area (Å²) >= 11 is 0. The third-order valence-electron chi connectivity index (χ3n) is 9.02. The van der Waals surface area contributed by atoms with Crippen LogP contribution in [0.25, 0.3) is 21.8 Å². The van der Waals surface area contributed by atoms with Crippen LogP contribution in [-0.4, -0.2) is 57.1 Å². The van der Waals surface area contributed by atoms with E-state index in [1.807, 2.05) is 24.3 Å². The molecule has 2 aromatic carbocycles. The average molecular weight is 614 g/mol. The molecule has 1 saturated heterocycles. The molecule has 45 heavy (non-hydrogen) atoms. The Morgan fingerprint density at radius 3 is 2.47 bits per heavy atom. The number of fused-ring (bicyclic) bond motifs is 3. The number of alkyl halides is 3. The van der Waals surface area contributed by atoms with Crippen molar-refractivity contribution in [2.75, 3.05) is 19.0 Å². The lowest BCUT2D eigenvalue weighted by molar-refractivity contribution is -0.141. The summed E-state index contributed by atoms with van der Waals surface area (Å²) < 4.78 is 46.5. The Bertz CT molecular complexity index is 2150. The molecule has 2 amide bonds. The molecule has 2 aliphatic carbocycles. The van der Waals surface area contributed by atoms with Gasteiger partial charge in [-0.25, -0.2) is 4.79 Å². The fourth-order valence-corrected chi connectivity index (χ4v) is 6.97. The summed E-state index contributed by atoms with van der Waals surface area (Å²) in [5.74, 6) is -3.06. The predicted molar refractivity (Wildman–Crippen MR) is 155 cm³/mol. The topological polar surface area (TPSA) is 140 Å². The smallest absolute Gasteiger partial charge is 0.432 e. The van der Waals surface area contributed by atoms with Gasteiger partial charge in [0, 0.05) is 56.8 Å². The molecule has 4 heterocycles. The summed E-state index contributed by atoms with van der Waals surface area (Å²) in [6, 6.07) is 16.0. The molecule has 4 N–H and O–H groups in total. The van der Waals surface area contributed by atoms with Gasteiger partial charge >= 0.3 is 12.1 Å². The number of para-hydroxylation sites is 1. The number of aromatic nitrogens is 3. The van der Waals surface area contributed by atoms with Gasteiger partial charge in [0.25, 0.3) is 11.8 Å². The zero-order valence-corrected chi connectivity index (χ0v) is 23.4. The van der Waals surface area contributed by atoms with Gasteiger partial charge in [0.1, 0.15) is 17.1 Å². The normalized spacial score (nSPS) is 20.1. The molecule has 13 heteroatoms. The maximum absolute atomic E-state index is 13.9. The number of H-pyrrole nitrogens is 3. The number of anilines is 1. The van der Waals surface area contributed by atoms with Gasteiger partial charge in [-0.15, -0.1) is 0 Å². The standard InChI is InChI=1S/C32H22F3N5O5/c1-45-30(44)24-25-26(39-27(24)32(33,34)35)22(41)11-23-31(25)12-16(31)13-40(23)29(43)21-10-15-8-17(6-7-19(15)38-21)36-28(42)20-9-14-4-2-3-5-18(14)37-20/h2-11,16,37-39H,12-13H2,1H3,(H,36,42)/t16-,31+/m1/s1. The minimum atomic E-state index is -4.94. The van der Waals surface area contributed by atoms with Gasteiger partial charge in [-0.2, -0.15) is 13.2 Å². The van der Waals surface area contributed by atoms with E-state index >= 15 is 0 Å². The number of likely N-dealkylation sites (tertiary alicyclic amines) is 1. The number of ketones is 1. The van der Waals surface area contributed by atoms with Crippen LogP contribution >= 0.6 is 0 Å². The summed E-state index contributed by atoms with van der Waals surface area (Å²) in [5.41, 5.74) is -0.720. The maximum Gasteiger partial charge on any atom is 0.432 e. The Labute approximate surface area is 251 Å². The van der Waals surface area contributed by atoms with Gasteiger partial charge < -0.3 is 29.9 Å². The van der Waals surface area contributed by atoms with Crippen molar-refractivity contribution in [3.05, 3.63) is 100 Å². The monoisotopic (exact) mass is 613 g/mol. The molecular formula is C32H22F3N5O5. The van der Waals surface area contributed by atoms with E-state index in [0.29, 0.717) is 28.7 Å². The Balaban J connectivity index is 1.09. The van der Waals surface area contributed by atoms with Crippen molar-refractivity contribution in [3.63, 3.8) is 0 Å². The number of nitrogens with one attached hydrogen (secondary N) is 4. The molecule has 1 aliphatic heterocycles. The maximum atomic E-state index is 13.9. The number of benzene rings is 2. The lowest BCUT2D eigenvalue weighted by Crippen LogP contribution is -2.34. The SMILES string of the molecule is COC(=O)c1c(C(F)(F)F)[nH]c2c1[C@@]13C[C@@H]1CN(C(=O)c1cc4cc(NC(=O)c5cc6ccccc6[nH]5)ccc4[nH]1)C3=CC2=O. The highest BCUT2D eigenvalue weighted by atomic mass is 19.4. The second-order valence-electron chi connectivity index (χ2n) is 11.5. The number of carbonyl (C=O) groups is 4. The first-order valence-electron chi connectivity index (χ1n) is 14.0. The molecule has 0 unspecified atom stereocenters. The quantitative estimate of drug-likeness (QED) is 0.198. The lowest BCUT2D eigenvalue weighted by Gasteiger charge is -2.28. The highest BCUT2D eigenvalue weighted by molar-refractivity contribution is 6.12. The number of allylic oxidation sites excluding steroid dienone is 2. The van der Waals surface area contributed by atoms with E-state index in [9.17, 15) is 32.3 Å². The summed E-state index contributed by atoms with van der Waals surface area (Å²) in [6.45, 7) is 0.158. The van der Waals surface area contributed by atoms with Crippen LogP contribution in [0, 0.1) is 5.92 Å². The minimum absolute atomic E-state index is 0.0588. The molecule has 1 saturated carbocycles. The van der Waals surface area contributed by atoms with Crippen molar-refractivity contribution in [3.8, 4) is 0 Å². The van der Waals surface area contributed by atoms with Crippen LogP contribution in [0.1, 0.15) is 59.5 Å². The van der Waals surface area contributed by atoms with Gasteiger partial charge in [-0.05, 0) is 48.7 Å². The van der Waals surface area contributed by atoms with Gasteiger partial charge in [0.2, 0.25) is 5.78 Å². The number of amides is 2. The number of piperidine rings is 1. The molecule has 3 aromatic heterocycles. The number of halogens is 3. The first-order valence-corrected chi connectivity index (χ1v) is 14.0. The molecule has 226 valence electrons. The first-order chi connectivity index (χ1) is 21.5. The van der Waals surface area contributed by atoms with E-state index in [4.69, 9.17) is 4.74 Å². The summed E-state index contributed by atoms with van der Waals surface area (Å²) in [5, 5.41) is 4.39. The molecular weight excluding hydrogens is 591 g/mol. The average Bonchev–Trinajstić information content (AvgIpc) is 3.48. The van der Waals surface area contributed by atoms with E-state index in [0.717, 1.165) is 18.0 Å². The largest absolute Gasteiger partial charge is 0.465 e. The zero-order chi connectivity index (χ0) is 31.4. The molecule has 8 rings (SSSR count). The van der Waals surface area contributed by atoms with E-state index in [1.165, 1.54) is 11.0 Å². The molecule has 5 aromatic rings. The second kappa shape index (κ2) is 8.97. The Kier molecular flexibility index (Phi) is 5.38. The number of carbonyl (C=O) groups excluding carboxylic acids is 4. The van der Waals surface area contributed by atoms with E-state index in [2.05, 4.69) is 20.3 Å². The third-order valence-corrected chi connectivity index (χ3v) is 9.02. The van der Waals surface area contributed by atoms with Crippen molar-refractivity contribution < 1.29 is 37.1 Å². The van der Waals surface area contributed by atoms with Crippen LogP contribution in [0.15, 0.2) is 66.4 Å². The highest BCUT2D eigenvalue weighted by Gasteiger charge is 2.69. The number of hydrogen-bond acceptors (Lipinski definition) is 5. The van der Waals surface area contributed by atoms with Gasteiger partial charge in [-0.3, -0.25) is 14.4 Å². The predicted octanol–water partition coefficient (Wildman–Crippen LogP) is 5.53. The van der Waals surface area contributed by atoms with Crippen LogP contribution in [-0.2, 0) is 16.3 Å². The van der Waals surface area contributed by atoms with Crippen LogP contribution in [0.3, 0.4) is 0 Å². The van der Waals surface area contributed by atoms with Gasteiger partial charge in [0.15, 0.2) is 0 Å². The Hall–Kier alpha value is -5.59. The van der Waals surface area contributed by atoms with E-state index in [-0.39, 0.29) is 41.0 Å². The van der Waals surface area contributed by atoms with E-state index in [1.54, 1.807) is 30.3 Å². The number of hydrogen-bond donors (Lipinski definition) is 4. The van der Waals surface area contributed by atoms with Crippen LogP contribution in [0.2, 0.25) is 0 Å². The van der Waals surface area contributed by atoms with Gasteiger partial charge in [0.05, 0.1) is 18.4 Å². The Morgan fingerprint density at radius 1 is 0.978 bits per heavy atom. The highest BCUT2D eigenvalue weighted by Crippen LogP contribution is 2.68. The number of ether oxygens (including phenoxy) is 1. The van der Waals surface area contributed by atoms with Crippen molar-refractivity contribution >= 4 is 51.1 Å². The zero-order valence-electron chi connectivity index (χ0n) is 23.4. The molecule has 0 bridgehead atoms. The second-order valence-corrected chi connectivity index (χ2v) is 11.5. The van der Waals surface area contributed by atoms with Crippen molar-refractivity contribution in [1.82, 2.24) is 19.9 Å². The van der Waals surface area contributed by atoms with Crippen molar-refractivity contribution in [2.24, 2.45) is 5.92 Å². The number of methoxy groups -OCH3 is 1. The molecule has 3 aliphatic rings. The third kappa shape index (κ3) is 3.82. The van der Waals surface area contributed by atoms with Crippen molar-refractivity contribution in [2.45, 2.75) is 18.0 Å².